The van der Waals surface area contributed by atoms with E-state index in [1.54, 1.807) is 0 Å². The molecule has 0 atom stereocenters. The first kappa shape index (κ1) is 15.4. The summed E-state index contributed by atoms with van der Waals surface area (Å²) in [5, 5.41) is 17.0. The molecule has 0 saturated heterocycles. The molecule has 26 heavy (non-hydrogen) atoms. The number of aromatic nitrogens is 5. The summed E-state index contributed by atoms with van der Waals surface area (Å²) in [5.74, 6) is 0.815. The van der Waals surface area contributed by atoms with Crippen molar-refractivity contribution < 1.29 is 4.74 Å². The topological polar surface area (TPSA) is 79.5 Å². The second-order valence-electron chi connectivity index (χ2n) is 6.90. The van der Waals surface area contributed by atoms with E-state index in [1.807, 2.05) is 32.3 Å². The highest BCUT2D eigenvalue weighted by molar-refractivity contribution is 6.10. The van der Waals surface area contributed by atoms with Crippen molar-refractivity contribution in [3.05, 3.63) is 35.3 Å². The predicted octanol–water partition coefficient (Wildman–Crippen LogP) is 4.09. The van der Waals surface area contributed by atoms with Gasteiger partial charge in [-0.05, 0) is 50.7 Å². The summed E-state index contributed by atoms with van der Waals surface area (Å²) in [6.07, 6.45) is 8.31. The second kappa shape index (κ2) is 5.83. The van der Waals surface area contributed by atoms with Gasteiger partial charge in [0.05, 0.1) is 30.2 Å². The number of aromatic amines is 2. The third kappa shape index (κ3) is 2.14. The maximum atomic E-state index is 5.96. The van der Waals surface area contributed by atoms with Crippen LogP contribution in [-0.2, 0) is 12.8 Å². The maximum absolute atomic E-state index is 5.96. The number of ether oxygens (including phenoxy) is 1. The van der Waals surface area contributed by atoms with Gasteiger partial charge in [0.2, 0.25) is 0 Å². The van der Waals surface area contributed by atoms with Crippen LogP contribution in [0.5, 0.6) is 5.75 Å². The summed E-state index contributed by atoms with van der Waals surface area (Å²) in [6, 6.07) is 2.02. The zero-order chi connectivity index (χ0) is 17.7. The number of hydrogen-bond acceptors (Lipinski definition) is 4. The van der Waals surface area contributed by atoms with E-state index in [0.29, 0.717) is 6.61 Å². The van der Waals surface area contributed by atoms with Crippen molar-refractivity contribution in [2.75, 3.05) is 6.61 Å². The van der Waals surface area contributed by atoms with Gasteiger partial charge < -0.3 is 4.74 Å². The van der Waals surface area contributed by atoms with E-state index in [9.17, 15) is 0 Å². The second-order valence-corrected chi connectivity index (χ2v) is 6.90. The monoisotopic (exact) mass is 347 g/mol. The Labute approximate surface area is 151 Å². The van der Waals surface area contributed by atoms with Crippen LogP contribution in [0.2, 0.25) is 0 Å². The molecule has 0 amide bonds. The average Bonchev–Trinajstić information content (AvgIpc) is 3.29. The van der Waals surface area contributed by atoms with Crippen molar-refractivity contribution in [3.63, 3.8) is 0 Å². The number of nitrogens with zero attached hydrogens (tertiary/aromatic N) is 3. The fourth-order valence-corrected chi connectivity index (χ4v) is 4.17. The maximum Gasteiger partial charge on any atom is 0.147 e. The van der Waals surface area contributed by atoms with Gasteiger partial charge in [-0.2, -0.15) is 10.2 Å². The summed E-state index contributed by atoms with van der Waals surface area (Å²) in [4.78, 5) is 5.11. The van der Waals surface area contributed by atoms with Crippen LogP contribution in [0.25, 0.3) is 33.1 Å². The van der Waals surface area contributed by atoms with Crippen LogP contribution < -0.4 is 4.74 Å². The molecule has 1 aliphatic carbocycles. The number of benzene rings is 1. The standard InChI is InChI=1S/C20H21N5O/c1-3-26-17-8-16-15(10-22-25-16)18-12-6-4-5-7-13(12)19(23-20(17)18)14-9-21-24-11(14)2/h8-10H,3-7H2,1-2H3,(H,21,24)(H,22,25). The van der Waals surface area contributed by atoms with Gasteiger partial charge in [-0.25, -0.2) is 4.98 Å². The quantitative estimate of drug-likeness (QED) is 0.585. The average molecular weight is 347 g/mol. The molecule has 6 heteroatoms. The summed E-state index contributed by atoms with van der Waals surface area (Å²) in [7, 11) is 0. The van der Waals surface area contributed by atoms with Crippen LogP contribution in [-0.4, -0.2) is 32.0 Å². The molecule has 0 saturated carbocycles. The van der Waals surface area contributed by atoms with E-state index in [1.165, 1.54) is 29.4 Å². The highest BCUT2D eigenvalue weighted by atomic mass is 16.5. The molecule has 1 aliphatic rings. The van der Waals surface area contributed by atoms with E-state index in [0.717, 1.165) is 52.0 Å². The van der Waals surface area contributed by atoms with Gasteiger partial charge in [0.1, 0.15) is 11.3 Å². The van der Waals surface area contributed by atoms with E-state index in [2.05, 4.69) is 20.4 Å². The molecule has 5 rings (SSSR count). The van der Waals surface area contributed by atoms with Crippen molar-refractivity contribution in [2.45, 2.75) is 39.5 Å². The minimum Gasteiger partial charge on any atom is -0.492 e. The lowest BCUT2D eigenvalue weighted by Gasteiger charge is -2.22. The number of nitrogens with one attached hydrogen (secondary N) is 2. The van der Waals surface area contributed by atoms with E-state index in [4.69, 9.17) is 9.72 Å². The van der Waals surface area contributed by atoms with Crippen molar-refractivity contribution in [1.29, 1.82) is 0 Å². The fourth-order valence-electron chi connectivity index (χ4n) is 4.17. The Morgan fingerprint density at radius 3 is 2.65 bits per heavy atom. The van der Waals surface area contributed by atoms with Gasteiger partial charge in [0.15, 0.2) is 0 Å². The molecular formula is C20H21N5O. The molecule has 3 heterocycles. The third-order valence-electron chi connectivity index (χ3n) is 5.35. The number of H-pyrrole nitrogens is 2. The number of pyridine rings is 1. The Morgan fingerprint density at radius 2 is 1.88 bits per heavy atom. The molecule has 1 aromatic carbocycles. The van der Waals surface area contributed by atoms with Gasteiger partial charge in [0, 0.05) is 28.1 Å². The number of hydrogen-bond donors (Lipinski definition) is 2. The summed E-state index contributed by atoms with van der Waals surface area (Å²) >= 11 is 0. The molecule has 0 spiro atoms. The van der Waals surface area contributed by atoms with Crippen molar-refractivity contribution in [2.24, 2.45) is 0 Å². The Balaban J connectivity index is 1.95. The summed E-state index contributed by atoms with van der Waals surface area (Å²) in [5.41, 5.74) is 7.85. The smallest absolute Gasteiger partial charge is 0.147 e. The zero-order valence-electron chi connectivity index (χ0n) is 15.0. The van der Waals surface area contributed by atoms with E-state index < -0.39 is 0 Å². The first-order valence-electron chi connectivity index (χ1n) is 9.22. The molecule has 0 unspecified atom stereocenters. The van der Waals surface area contributed by atoms with E-state index in [-0.39, 0.29) is 0 Å². The first-order chi connectivity index (χ1) is 12.8. The molecule has 3 aromatic heterocycles. The molecule has 0 radical (unpaired) electrons. The lowest BCUT2D eigenvalue weighted by atomic mass is 9.85. The van der Waals surface area contributed by atoms with Gasteiger partial charge in [-0.15, -0.1) is 0 Å². The van der Waals surface area contributed by atoms with Gasteiger partial charge in [0.25, 0.3) is 0 Å². The van der Waals surface area contributed by atoms with E-state index >= 15 is 0 Å². The largest absolute Gasteiger partial charge is 0.492 e. The lowest BCUT2D eigenvalue weighted by Crippen LogP contribution is -2.09. The minimum absolute atomic E-state index is 0.605. The number of fused-ring (bicyclic) bond motifs is 5. The third-order valence-corrected chi connectivity index (χ3v) is 5.35. The lowest BCUT2D eigenvalue weighted by molar-refractivity contribution is 0.344. The first-order valence-corrected chi connectivity index (χ1v) is 9.22. The molecular weight excluding hydrogens is 326 g/mol. The fraction of sp³-hybridized carbons (Fsp3) is 0.350. The Kier molecular flexibility index (Phi) is 3.45. The Bertz CT molecular complexity index is 1120. The summed E-state index contributed by atoms with van der Waals surface area (Å²) in [6.45, 7) is 4.66. The normalized spacial score (nSPS) is 14.1. The molecule has 6 nitrogen and oxygen atoms in total. The molecule has 0 bridgehead atoms. The highest BCUT2D eigenvalue weighted by Crippen LogP contribution is 2.41. The molecule has 0 aliphatic heterocycles. The molecule has 4 aromatic rings. The van der Waals surface area contributed by atoms with Crippen LogP contribution in [0.3, 0.4) is 0 Å². The Hall–Kier alpha value is -2.89. The van der Waals surface area contributed by atoms with Gasteiger partial charge in [-0.3, -0.25) is 10.2 Å². The van der Waals surface area contributed by atoms with Crippen molar-refractivity contribution in [1.82, 2.24) is 25.4 Å². The molecule has 2 N–H and O–H groups in total. The number of aryl methyl sites for hydroxylation is 2. The van der Waals surface area contributed by atoms with Gasteiger partial charge >= 0.3 is 0 Å². The highest BCUT2D eigenvalue weighted by Gasteiger charge is 2.24. The Morgan fingerprint density at radius 1 is 1.08 bits per heavy atom. The summed E-state index contributed by atoms with van der Waals surface area (Å²) < 4.78 is 5.96. The molecule has 132 valence electrons. The van der Waals surface area contributed by atoms with Crippen molar-refractivity contribution in [3.8, 4) is 17.0 Å². The van der Waals surface area contributed by atoms with Crippen LogP contribution in [0, 0.1) is 6.92 Å². The van der Waals surface area contributed by atoms with Crippen LogP contribution in [0.4, 0.5) is 0 Å². The minimum atomic E-state index is 0.605. The number of rotatable bonds is 3. The van der Waals surface area contributed by atoms with Crippen molar-refractivity contribution >= 4 is 21.8 Å². The van der Waals surface area contributed by atoms with Crippen LogP contribution >= 0.6 is 0 Å². The predicted molar refractivity (Wildman–Crippen MR) is 102 cm³/mol. The van der Waals surface area contributed by atoms with Crippen LogP contribution in [0.1, 0.15) is 36.6 Å². The van der Waals surface area contributed by atoms with Gasteiger partial charge in [-0.1, -0.05) is 0 Å². The SMILES string of the molecule is CCOc1cc2[nH]ncc2c2c3c(c(-c4cn[nH]c4C)nc12)CCCC3. The zero-order valence-corrected chi connectivity index (χ0v) is 15.0. The van der Waals surface area contributed by atoms with Crippen LogP contribution in [0.15, 0.2) is 18.5 Å². The molecule has 0 fully saturated rings.